The number of aromatic nitrogens is 1. The lowest BCUT2D eigenvalue weighted by molar-refractivity contribution is 0.0971. The number of carbonyl (C=O) groups excluding carboxylic acids is 1. The minimum absolute atomic E-state index is 0.0531. The standard InChI is InChI=1S/C25H19BrN2O4S/c1-4-11-31-17-8-5-15(6-9-17)21-20-22(29)18-12-16(26)7-10-19(18)32-23(20)24(30)28(21)25-27-13(2)14(3)33-25/h4-10,12,21H,1,11H2,2-3H3. The van der Waals surface area contributed by atoms with Crippen molar-refractivity contribution >= 4 is 49.3 Å². The molecule has 3 heterocycles. The molecule has 33 heavy (non-hydrogen) atoms. The highest BCUT2D eigenvalue weighted by molar-refractivity contribution is 9.10. The number of anilines is 1. The third-order valence-electron chi connectivity index (χ3n) is 5.62. The molecule has 1 aliphatic rings. The molecule has 2 aromatic carbocycles. The highest BCUT2D eigenvalue weighted by Gasteiger charge is 2.45. The molecule has 1 unspecified atom stereocenters. The fraction of sp³-hybridized carbons (Fsp3) is 0.160. The summed E-state index contributed by atoms with van der Waals surface area (Å²) in [5, 5.41) is 0.947. The third-order valence-corrected chi connectivity index (χ3v) is 7.18. The number of hydrogen-bond acceptors (Lipinski definition) is 6. The van der Waals surface area contributed by atoms with Crippen molar-refractivity contribution in [1.82, 2.24) is 4.98 Å². The molecule has 166 valence electrons. The second-order valence-electron chi connectivity index (χ2n) is 7.70. The lowest BCUT2D eigenvalue weighted by Gasteiger charge is -2.22. The summed E-state index contributed by atoms with van der Waals surface area (Å²) >= 11 is 4.84. The van der Waals surface area contributed by atoms with Crippen LogP contribution in [0.4, 0.5) is 5.13 Å². The molecule has 0 aliphatic carbocycles. The van der Waals surface area contributed by atoms with Crippen molar-refractivity contribution in [3.05, 3.63) is 97.3 Å². The fourth-order valence-electron chi connectivity index (χ4n) is 3.92. The van der Waals surface area contributed by atoms with Gasteiger partial charge in [0.05, 0.1) is 22.7 Å². The number of thiazole rings is 1. The molecule has 1 atom stereocenters. The summed E-state index contributed by atoms with van der Waals surface area (Å²) in [7, 11) is 0. The summed E-state index contributed by atoms with van der Waals surface area (Å²) in [6.07, 6.45) is 1.67. The van der Waals surface area contributed by atoms with Crippen LogP contribution in [-0.2, 0) is 0 Å². The van der Waals surface area contributed by atoms with E-state index < -0.39 is 6.04 Å². The quantitative estimate of drug-likeness (QED) is 0.303. The molecular weight excluding hydrogens is 504 g/mol. The maximum absolute atomic E-state index is 13.6. The first-order valence-corrected chi connectivity index (χ1v) is 11.9. The van der Waals surface area contributed by atoms with Crippen LogP contribution in [-0.4, -0.2) is 17.5 Å². The van der Waals surface area contributed by atoms with Crippen LogP contribution in [0.1, 0.15) is 38.3 Å². The van der Waals surface area contributed by atoms with Crippen molar-refractivity contribution in [1.29, 1.82) is 0 Å². The number of benzene rings is 2. The molecule has 5 rings (SSSR count). The molecule has 0 spiro atoms. The number of ether oxygens (including phenoxy) is 1. The maximum Gasteiger partial charge on any atom is 0.297 e. The zero-order chi connectivity index (χ0) is 23.3. The Kier molecular flexibility index (Phi) is 5.42. The maximum atomic E-state index is 13.6. The molecule has 0 bridgehead atoms. The van der Waals surface area contributed by atoms with E-state index in [1.54, 1.807) is 29.2 Å². The summed E-state index contributed by atoms with van der Waals surface area (Å²) in [5.41, 5.74) is 2.07. The lowest BCUT2D eigenvalue weighted by Crippen LogP contribution is -2.29. The van der Waals surface area contributed by atoms with E-state index in [1.165, 1.54) is 11.3 Å². The monoisotopic (exact) mass is 522 g/mol. The highest BCUT2D eigenvalue weighted by Crippen LogP contribution is 2.43. The van der Waals surface area contributed by atoms with Gasteiger partial charge in [-0.1, -0.05) is 40.7 Å². The van der Waals surface area contributed by atoms with Gasteiger partial charge in [-0.25, -0.2) is 4.98 Å². The number of halogens is 1. The van der Waals surface area contributed by atoms with E-state index in [2.05, 4.69) is 27.5 Å². The van der Waals surface area contributed by atoms with E-state index in [4.69, 9.17) is 9.15 Å². The lowest BCUT2D eigenvalue weighted by atomic mass is 9.98. The average molecular weight is 523 g/mol. The van der Waals surface area contributed by atoms with Gasteiger partial charge in [0, 0.05) is 9.35 Å². The molecule has 6 nitrogen and oxygen atoms in total. The van der Waals surface area contributed by atoms with E-state index in [1.807, 2.05) is 38.1 Å². The fourth-order valence-corrected chi connectivity index (χ4v) is 5.22. The van der Waals surface area contributed by atoms with Gasteiger partial charge < -0.3 is 9.15 Å². The number of rotatable bonds is 5. The Morgan fingerprint density at radius 3 is 2.64 bits per heavy atom. The van der Waals surface area contributed by atoms with Crippen molar-refractivity contribution in [3.8, 4) is 5.75 Å². The van der Waals surface area contributed by atoms with Crippen LogP contribution < -0.4 is 15.1 Å². The van der Waals surface area contributed by atoms with Crippen LogP contribution >= 0.6 is 27.3 Å². The highest BCUT2D eigenvalue weighted by atomic mass is 79.9. The molecule has 0 saturated heterocycles. The second-order valence-corrected chi connectivity index (χ2v) is 9.80. The van der Waals surface area contributed by atoms with Gasteiger partial charge in [0.25, 0.3) is 5.91 Å². The van der Waals surface area contributed by atoms with Crippen molar-refractivity contribution in [2.45, 2.75) is 19.9 Å². The van der Waals surface area contributed by atoms with Gasteiger partial charge in [0.2, 0.25) is 5.76 Å². The Balaban J connectivity index is 1.73. The number of amides is 1. The van der Waals surface area contributed by atoms with Crippen LogP contribution in [0.3, 0.4) is 0 Å². The summed E-state index contributed by atoms with van der Waals surface area (Å²) in [6, 6.07) is 11.9. The Bertz CT molecular complexity index is 1450. The molecule has 0 radical (unpaired) electrons. The Morgan fingerprint density at radius 1 is 1.21 bits per heavy atom. The number of aryl methyl sites for hydroxylation is 2. The van der Waals surface area contributed by atoms with Crippen LogP contribution in [0, 0.1) is 13.8 Å². The first-order valence-electron chi connectivity index (χ1n) is 10.3. The van der Waals surface area contributed by atoms with Crippen molar-refractivity contribution < 1.29 is 13.9 Å². The zero-order valence-electron chi connectivity index (χ0n) is 17.9. The van der Waals surface area contributed by atoms with E-state index in [-0.39, 0.29) is 17.1 Å². The first-order chi connectivity index (χ1) is 15.9. The number of nitrogens with zero attached hydrogens (tertiary/aromatic N) is 2. The Hall–Kier alpha value is -3.23. The minimum Gasteiger partial charge on any atom is -0.490 e. The van der Waals surface area contributed by atoms with Crippen LogP contribution in [0.5, 0.6) is 5.75 Å². The van der Waals surface area contributed by atoms with Gasteiger partial charge in [0.1, 0.15) is 17.9 Å². The normalized spacial score (nSPS) is 15.2. The summed E-state index contributed by atoms with van der Waals surface area (Å²) < 4.78 is 12.4. The second kappa shape index (κ2) is 8.28. The Morgan fingerprint density at radius 2 is 1.97 bits per heavy atom. The number of hydrogen-bond donors (Lipinski definition) is 0. The van der Waals surface area contributed by atoms with Crippen molar-refractivity contribution in [2.24, 2.45) is 0 Å². The van der Waals surface area contributed by atoms with Crippen LogP contribution in [0.15, 0.2) is 68.8 Å². The van der Waals surface area contributed by atoms with Crippen molar-refractivity contribution in [2.75, 3.05) is 11.5 Å². The molecule has 4 aromatic rings. The van der Waals surface area contributed by atoms with Gasteiger partial charge >= 0.3 is 0 Å². The van der Waals surface area contributed by atoms with Crippen LogP contribution in [0.25, 0.3) is 11.0 Å². The summed E-state index contributed by atoms with van der Waals surface area (Å²) in [6.45, 7) is 7.91. The zero-order valence-corrected chi connectivity index (χ0v) is 20.3. The minimum atomic E-state index is -0.662. The van der Waals surface area contributed by atoms with E-state index in [0.29, 0.717) is 34.0 Å². The summed E-state index contributed by atoms with van der Waals surface area (Å²) in [5.74, 6) is 0.347. The predicted octanol–water partition coefficient (Wildman–Crippen LogP) is 5.94. The molecule has 1 aliphatic heterocycles. The number of fused-ring (bicyclic) bond motifs is 2. The molecule has 2 aromatic heterocycles. The number of carbonyl (C=O) groups is 1. The average Bonchev–Trinajstić information content (AvgIpc) is 3.29. The SMILES string of the molecule is C=CCOc1ccc(C2c3c(oc4ccc(Br)cc4c3=O)C(=O)N2c2nc(C)c(C)s2)cc1. The summed E-state index contributed by atoms with van der Waals surface area (Å²) in [4.78, 5) is 34.4. The topological polar surface area (TPSA) is 72.6 Å². The van der Waals surface area contributed by atoms with Gasteiger partial charge in [-0.3, -0.25) is 14.5 Å². The van der Waals surface area contributed by atoms with E-state index in [0.717, 1.165) is 20.6 Å². The van der Waals surface area contributed by atoms with Crippen LogP contribution in [0.2, 0.25) is 0 Å². The van der Waals surface area contributed by atoms with Gasteiger partial charge in [-0.05, 0) is 49.7 Å². The molecule has 1 amide bonds. The van der Waals surface area contributed by atoms with Crippen molar-refractivity contribution in [3.63, 3.8) is 0 Å². The molecule has 0 saturated carbocycles. The predicted molar refractivity (Wildman–Crippen MR) is 133 cm³/mol. The molecule has 0 fully saturated rings. The van der Waals surface area contributed by atoms with E-state index in [9.17, 15) is 9.59 Å². The Labute approximate surface area is 202 Å². The first kappa shape index (κ1) is 21.6. The molecule has 0 N–H and O–H groups in total. The van der Waals surface area contributed by atoms with Gasteiger partial charge in [-0.15, -0.1) is 11.3 Å². The smallest absolute Gasteiger partial charge is 0.297 e. The van der Waals surface area contributed by atoms with Gasteiger partial charge in [-0.2, -0.15) is 0 Å². The third kappa shape index (κ3) is 3.59. The van der Waals surface area contributed by atoms with Gasteiger partial charge in [0.15, 0.2) is 10.6 Å². The molecule has 8 heteroatoms. The van der Waals surface area contributed by atoms with E-state index >= 15 is 0 Å². The largest absolute Gasteiger partial charge is 0.490 e. The molecular formula is C25H19BrN2O4S.